The highest BCUT2D eigenvalue weighted by molar-refractivity contribution is 6.08. The number of fused-ring (bicyclic) bond motifs is 5. The predicted molar refractivity (Wildman–Crippen MR) is 167 cm³/mol. The maximum atomic E-state index is 12.8. The molecule has 42 heavy (non-hydrogen) atoms. The molecule has 7 heteroatoms. The number of carbonyl (C=O) groups excluding carboxylic acids is 1. The summed E-state index contributed by atoms with van der Waals surface area (Å²) in [6.45, 7) is 0. The van der Waals surface area contributed by atoms with Crippen LogP contribution in [0, 0.1) is 10.1 Å². The quantitative estimate of drug-likeness (QED) is 0.167. The number of allylic oxidation sites excluding steroid dienone is 4. The zero-order valence-corrected chi connectivity index (χ0v) is 22.7. The van der Waals surface area contributed by atoms with Gasteiger partial charge in [-0.1, -0.05) is 66.3 Å². The van der Waals surface area contributed by atoms with Crippen LogP contribution < -0.4 is 15.8 Å². The SMILES string of the molecule is NC(=O)Oc1ccc(Nc2c(-c3ccc4c5c(ccc4c3[N+](=O)[O-])C3=C(CCC=C3)CC5)ccc3ccccc23)cc1. The highest BCUT2D eigenvalue weighted by Gasteiger charge is 2.27. The van der Waals surface area contributed by atoms with Crippen LogP contribution in [0.25, 0.3) is 38.2 Å². The van der Waals surface area contributed by atoms with Crippen molar-refractivity contribution < 1.29 is 14.5 Å². The van der Waals surface area contributed by atoms with Crippen LogP contribution in [0.4, 0.5) is 21.9 Å². The lowest BCUT2D eigenvalue weighted by atomic mass is 9.79. The van der Waals surface area contributed by atoms with Gasteiger partial charge in [0, 0.05) is 16.6 Å². The molecule has 0 aromatic heterocycles. The third-order valence-electron chi connectivity index (χ3n) is 8.27. The Kier molecular flexibility index (Phi) is 6.20. The number of nitrogens with zero attached hydrogens (tertiary/aromatic N) is 1. The normalized spacial score (nSPS) is 14.0. The molecule has 3 N–H and O–H groups in total. The topological polar surface area (TPSA) is 107 Å². The van der Waals surface area contributed by atoms with E-state index in [-0.39, 0.29) is 10.6 Å². The minimum Gasteiger partial charge on any atom is -0.411 e. The highest BCUT2D eigenvalue weighted by atomic mass is 16.6. The number of nitro groups is 1. The molecule has 0 atom stereocenters. The van der Waals surface area contributed by atoms with E-state index in [1.165, 1.54) is 22.3 Å². The monoisotopic (exact) mass is 553 g/mol. The fourth-order valence-electron chi connectivity index (χ4n) is 6.41. The molecule has 2 aliphatic carbocycles. The van der Waals surface area contributed by atoms with Crippen LogP contribution in [-0.2, 0) is 6.42 Å². The van der Waals surface area contributed by atoms with Gasteiger partial charge in [0.1, 0.15) is 5.75 Å². The summed E-state index contributed by atoms with van der Waals surface area (Å²) in [4.78, 5) is 23.7. The van der Waals surface area contributed by atoms with Gasteiger partial charge in [-0.25, -0.2) is 4.79 Å². The van der Waals surface area contributed by atoms with Crippen molar-refractivity contribution >= 4 is 50.3 Å². The average molecular weight is 554 g/mol. The number of rotatable bonds is 5. The number of hydrogen-bond donors (Lipinski definition) is 2. The molecule has 0 heterocycles. The van der Waals surface area contributed by atoms with E-state index in [2.05, 4.69) is 23.5 Å². The maximum Gasteiger partial charge on any atom is 0.409 e. The van der Waals surface area contributed by atoms with Gasteiger partial charge < -0.3 is 15.8 Å². The van der Waals surface area contributed by atoms with Crippen molar-refractivity contribution in [2.75, 3.05) is 5.32 Å². The first-order chi connectivity index (χ1) is 20.5. The second kappa shape index (κ2) is 10.2. The van der Waals surface area contributed by atoms with Crippen LogP contribution in [0.5, 0.6) is 5.75 Å². The standard InChI is InChI=1S/C35H27N3O4/c36-35(39)42-24-13-11-23(12-14-24)37-33-26-8-4-2-6-22(26)10-16-30(33)32-20-18-29-28-15-9-21-5-1-3-7-25(21)27(28)17-19-31(29)34(32)38(40)41/h2-4,6-8,10-14,16-20,37H,1,5,9,15H2,(H2,36,39). The number of nitro benzene ring substituents is 1. The zero-order chi connectivity index (χ0) is 28.8. The fraction of sp³-hybridized carbons (Fsp3) is 0.114. The van der Waals surface area contributed by atoms with E-state index in [9.17, 15) is 14.9 Å². The number of nitrogens with one attached hydrogen (secondary N) is 1. The van der Waals surface area contributed by atoms with Crippen LogP contribution in [0.1, 0.15) is 30.4 Å². The molecule has 0 aliphatic heterocycles. The first-order valence-corrected chi connectivity index (χ1v) is 14.0. The number of aryl methyl sites for hydroxylation is 1. The van der Waals surface area contributed by atoms with E-state index in [1.807, 2.05) is 54.6 Å². The summed E-state index contributed by atoms with van der Waals surface area (Å²) >= 11 is 0. The highest BCUT2D eigenvalue weighted by Crippen LogP contribution is 2.46. The molecule has 0 saturated heterocycles. The first kappa shape index (κ1) is 25.5. The molecule has 7 nitrogen and oxygen atoms in total. The second-order valence-electron chi connectivity index (χ2n) is 10.6. The summed E-state index contributed by atoms with van der Waals surface area (Å²) in [5.74, 6) is 0.325. The molecule has 0 fully saturated rings. The summed E-state index contributed by atoms with van der Waals surface area (Å²) < 4.78 is 4.96. The minimum atomic E-state index is -0.885. The number of nitrogens with two attached hydrogens (primary N) is 1. The molecular weight excluding hydrogens is 526 g/mol. The van der Waals surface area contributed by atoms with Gasteiger partial charge >= 0.3 is 6.09 Å². The molecule has 2 aliphatic rings. The third-order valence-corrected chi connectivity index (χ3v) is 8.27. The van der Waals surface area contributed by atoms with Gasteiger partial charge in [0.05, 0.1) is 21.6 Å². The number of primary amides is 1. The van der Waals surface area contributed by atoms with Crippen molar-refractivity contribution in [3.63, 3.8) is 0 Å². The zero-order valence-electron chi connectivity index (χ0n) is 22.7. The Bertz CT molecular complexity index is 1990. The van der Waals surface area contributed by atoms with E-state index in [0.29, 0.717) is 16.7 Å². The molecule has 206 valence electrons. The molecule has 5 aromatic carbocycles. The molecule has 0 bridgehead atoms. The minimum absolute atomic E-state index is 0.0952. The van der Waals surface area contributed by atoms with Gasteiger partial charge in [0.25, 0.3) is 5.69 Å². The van der Waals surface area contributed by atoms with E-state index < -0.39 is 6.09 Å². The van der Waals surface area contributed by atoms with Crippen molar-refractivity contribution in [2.24, 2.45) is 5.73 Å². The second-order valence-corrected chi connectivity index (χ2v) is 10.6. The average Bonchev–Trinajstić information content (AvgIpc) is 3.01. The lowest BCUT2D eigenvalue weighted by molar-refractivity contribution is -0.382. The van der Waals surface area contributed by atoms with Gasteiger partial charge in [0.15, 0.2) is 0 Å². The Morgan fingerprint density at radius 2 is 1.57 bits per heavy atom. The van der Waals surface area contributed by atoms with Gasteiger partial charge in [-0.05, 0) is 89.6 Å². The summed E-state index contributed by atoms with van der Waals surface area (Å²) in [6, 6.07) is 26.6. The Morgan fingerprint density at radius 1 is 0.810 bits per heavy atom. The number of benzene rings is 5. The Morgan fingerprint density at radius 3 is 2.38 bits per heavy atom. The van der Waals surface area contributed by atoms with Crippen LogP contribution in [0.15, 0.2) is 103 Å². The summed E-state index contributed by atoms with van der Waals surface area (Å²) in [7, 11) is 0. The molecule has 5 aromatic rings. The lowest BCUT2D eigenvalue weighted by Crippen LogP contribution is -2.16. The predicted octanol–water partition coefficient (Wildman–Crippen LogP) is 8.82. The first-order valence-electron chi connectivity index (χ1n) is 14.0. The van der Waals surface area contributed by atoms with E-state index >= 15 is 0 Å². The summed E-state index contributed by atoms with van der Waals surface area (Å²) in [5, 5.41) is 19.8. The summed E-state index contributed by atoms with van der Waals surface area (Å²) in [5.41, 5.74) is 13.1. The van der Waals surface area contributed by atoms with Crippen molar-refractivity contribution in [2.45, 2.75) is 25.7 Å². The van der Waals surface area contributed by atoms with Gasteiger partial charge in [-0.2, -0.15) is 0 Å². The third kappa shape index (κ3) is 4.36. The van der Waals surface area contributed by atoms with Crippen molar-refractivity contribution in [1.82, 2.24) is 0 Å². The van der Waals surface area contributed by atoms with E-state index in [4.69, 9.17) is 10.5 Å². The number of anilines is 2. The Balaban J connectivity index is 1.40. The van der Waals surface area contributed by atoms with Gasteiger partial charge in [0.2, 0.25) is 0 Å². The summed E-state index contributed by atoms with van der Waals surface area (Å²) in [6.07, 6.45) is 7.58. The van der Waals surface area contributed by atoms with Crippen molar-refractivity contribution in [1.29, 1.82) is 0 Å². The van der Waals surface area contributed by atoms with Crippen LogP contribution in [0.2, 0.25) is 0 Å². The fourth-order valence-corrected chi connectivity index (χ4v) is 6.41. The largest absolute Gasteiger partial charge is 0.411 e. The van der Waals surface area contributed by atoms with Crippen LogP contribution in [-0.4, -0.2) is 11.0 Å². The smallest absolute Gasteiger partial charge is 0.409 e. The Hall–Kier alpha value is -5.43. The molecule has 0 radical (unpaired) electrons. The molecule has 0 saturated carbocycles. The van der Waals surface area contributed by atoms with Crippen molar-refractivity contribution in [3.05, 3.63) is 124 Å². The number of hydrogen-bond acceptors (Lipinski definition) is 5. The number of carbonyl (C=O) groups is 1. The molecule has 0 spiro atoms. The van der Waals surface area contributed by atoms with Gasteiger partial charge in [-0.15, -0.1) is 0 Å². The van der Waals surface area contributed by atoms with Gasteiger partial charge in [-0.3, -0.25) is 10.1 Å². The van der Waals surface area contributed by atoms with E-state index in [1.54, 1.807) is 24.3 Å². The number of amides is 1. The van der Waals surface area contributed by atoms with Crippen LogP contribution >= 0.6 is 0 Å². The molecule has 0 unspecified atom stereocenters. The lowest BCUT2D eigenvalue weighted by Gasteiger charge is -2.25. The molecule has 1 amide bonds. The molecular formula is C35H27N3O4. The van der Waals surface area contributed by atoms with E-state index in [0.717, 1.165) is 58.8 Å². The number of ether oxygens (including phenoxy) is 1. The maximum absolute atomic E-state index is 12.8. The van der Waals surface area contributed by atoms with Crippen molar-refractivity contribution in [3.8, 4) is 16.9 Å². The Labute approximate surface area is 242 Å². The van der Waals surface area contributed by atoms with Crippen LogP contribution in [0.3, 0.4) is 0 Å². The molecule has 7 rings (SSSR count).